The number of halogens is 1. The van der Waals surface area contributed by atoms with Crippen LogP contribution >= 0.6 is 0 Å². The van der Waals surface area contributed by atoms with Gasteiger partial charge in [0.1, 0.15) is 23.7 Å². The first-order chi connectivity index (χ1) is 19.7. The summed E-state index contributed by atoms with van der Waals surface area (Å²) < 4.78 is 21.0. The predicted molar refractivity (Wildman–Crippen MR) is 144 cm³/mol. The standard InChI is InChI=1S/C30H26FN5O5/c1-15-20(16(2)37)4-5-22-21(15)6-7-24(22)35-30(40)26-11-25(34-28-23(31)13-33-36(26)28)29(39)32-12-17-3-8-27-18(9-17)10-19(38)14-41-27/h3-5,8-9,11,13,24H,6-7,10,12,14H2,1-2H3,(H,32,39)(H,35,40)/t24-/m0/s1. The molecule has 1 aliphatic heterocycles. The van der Waals surface area contributed by atoms with Gasteiger partial charge in [-0.15, -0.1) is 0 Å². The summed E-state index contributed by atoms with van der Waals surface area (Å²) in [5.74, 6) is -1.32. The molecule has 4 aromatic rings. The number of rotatable bonds is 6. The van der Waals surface area contributed by atoms with Crippen molar-refractivity contribution in [3.05, 3.63) is 93.2 Å². The topological polar surface area (TPSA) is 132 Å². The number of ketones is 2. The van der Waals surface area contributed by atoms with Crippen LogP contribution in [0, 0.1) is 12.7 Å². The number of carbonyl (C=O) groups excluding carboxylic acids is 4. The number of ether oxygens (including phenoxy) is 1. The van der Waals surface area contributed by atoms with Crippen molar-refractivity contribution < 1.29 is 28.3 Å². The first-order valence-corrected chi connectivity index (χ1v) is 13.2. The number of amides is 2. The fraction of sp³-hybridized carbons (Fsp3) is 0.267. The molecule has 0 fully saturated rings. The smallest absolute Gasteiger partial charge is 0.270 e. The van der Waals surface area contributed by atoms with Crippen molar-refractivity contribution >= 4 is 29.0 Å². The minimum atomic E-state index is -0.772. The SMILES string of the molecule is CC(=O)c1ccc2c(c1C)CC[C@@H]2NC(=O)c1cc(C(=O)NCc2ccc3c(c2)CC(=O)CO3)nc2c(F)cnn12. The van der Waals surface area contributed by atoms with Crippen molar-refractivity contribution in [1.82, 2.24) is 25.2 Å². The van der Waals surface area contributed by atoms with Crippen LogP contribution in [0.3, 0.4) is 0 Å². The average molecular weight is 556 g/mol. The molecule has 0 unspecified atom stereocenters. The molecule has 6 rings (SSSR count). The van der Waals surface area contributed by atoms with Gasteiger partial charge in [-0.2, -0.15) is 5.10 Å². The largest absolute Gasteiger partial charge is 0.486 e. The Morgan fingerprint density at radius 1 is 1.15 bits per heavy atom. The minimum absolute atomic E-state index is 0.0146. The molecular formula is C30H26FN5O5. The van der Waals surface area contributed by atoms with Gasteiger partial charge in [-0.3, -0.25) is 19.2 Å². The van der Waals surface area contributed by atoms with Crippen molar-refractivity contribution in [3.63, 3.8) is 0 Å². The predicted octanol–water partition coefficient (Wildman–Crippen LogP) is 3.23. The average Bonchev–Trinajstić information content (AvgIpc) is 3.54. The molecule has 2 aliphatic rings. The number of nitrogens with one attached hydrogen (secondary N) is 2. The Kier molecular flexibility index (Phi) is 6.56. The number of fused-ring (bicyclic) bond motifs is 3. The van der Waals surface area contributed by atoms with Gasteiger partial charge in [0, 0.05) is 30.2 Å². The molecule has 0 bridgehead atoms. The zero-order valence-electron chi connectivity index (χ0n) is 22.4. The summed E-state index contributed by atoms with van der Waals surface area (Å²) in [5.41, 5.74) is 4.57. The van der Waals surface area contributed by atoms with Crippen LogP contribution in [0.2, 0.25) is 0 Å². The van der Waals surface area contributed by atoms with E-state index in [0.29, 0.717) is 24.2 Å². The van der Waals surface area contributed by atoms with Crippen LogP contribution in [0.1, 0.15) is 78.5 Å². The summed E-state index contributed by atoms with van der Waals surface area (Å²) in [6.07, 6.45) is 2.54. The van der Waals surface area contributed by atoms with E-state index in [4.69, 9.17) is 4.74 Å². The second-order valence-corrected chi connectivity index (χ2v) is 10.3. The zero-order chi connectivity index (χ0) is 28.8. The Morgan fingerprint density at radius 2 is 1.98 bits per heavy atom. The molecule has 10 nitrogen and oxygen atoms in total. The quantitative estimate of drug-likeness (QED) is 0.349. The van der Waals surface area contributed by atoms with E-state index in [2.05, 4.69) is 20.7 Å². The molecule has 41 heavy (non-hydrogen) atoms. The number of hydrogen-bond acceptors (Lipinski definition) is 7. The summed E-state index contributed by atoms with van der Waals surface area (Å²) in [6, 6.07) is 9.91. The van der Waals surface area contributed by atoms with E-state index in [9.17, 15) is 23.6 Å². The van der Waals surface area contributed by atoms with E-state index in [-0.39, 0.29) is 54.2 Å². The minimum Gasteiger partial charge on any atom is -0.486 e. The molecule has 1 atom stereocenters. The lowest BCUT2D eigenvalue weighted by Gasteiger charge is -2.17. The van der Waals surface area contributed by atoms with Gasteiger partial charge in [-0.25, -0.2) is 13.9 Å². The van der Waals surface area contributed by atoms with E-state index in [0.717, 1.165) is 38.5 Å². The number of carbonyl (C=O) groups is 4. The Hall–Kier alpha value is -4.93. The van der Waals surface area contributed by atoms with Gasteiger partial charge in [0.25, 0.3) is 11.8 Å². The van der Waals surface area contributed by atoms with Crippen LogP contribution in [-0.2, 0) is 24.2 Å². The molecule has 2 N–H and O–H groups in total. The van der Waals surface area contributed by atoms with E-state index in [1.807, 2.05) is 13.0 Å². The second-order valence-electron chi connectivity index (χ2n) is 10.3. The van der Waals surface area contributed by atoms with Gasteiger partial charge in [-0.1, -0.05) is 18.2 Å². The molecular weight excluding hydrogens is 529 g/mol. The molecule has 3 heterocycles. The van der Waals surface area contributed by atoms with Gasteiger partial charge in [0.2, 0.25) is 0 Å². The number of aromatic nitrogens is 3. The van der Waals surface area contributed by atoms with E-state index >= 15 is 0 Å². The third kappa shape index (κ3) is 4.83. The molecule has 2 amide bonds. The Bertz CT molecular complexity index is 1780. The van der Waals surface area contributed by atoms with Gasteiger partial charge >= 0.3 is 0 Å². The van der Waals surface area contributed by atoms with Crippen LogP contribution in [0.15, 0.2) is 42.6 Å². The van der Waals surface area contributed by atoms with E-state index < -0.39 is 17.6 Å². The van der Waals surface area contributed by atoms with Gasteiger partial charge in [0.05, 0.1) is 12.2 Å². The van der Waals surface area contributed by atoms with Crippen molar-refractivity contribution in [2.75, 3.05) is 6.61 Å². The lowest BCUT2D eigenvalue weighted by atomic mass is 9.96. The Morgan fingerprint density at radius 3 is 2.78 bits per heavy atom. The fourth-order valence-electron chi connectivity index (χ4n) is 5.57. The molecule has 0 spiro atoms. The normalized spacial score (nSPS) is 15.7. The molecule has 208 valence electrons. The molecule has 2 aromatic heterocycles. The highest BCUT2D eigenvalue weighted by molar-refractivity contribution is 5.99. The van der Waals surface area contributed by atoms with Gasteiger partial charge in [0.15, 0.2) is 23.0 Å². The van der Waals surface area contributed by atoms with Crippen LogP contribution < -0.4 is 15.4 Å². The molecule has 0 saturated carbocycles. The molecule has 1 aliphatic carbocycles. The maximum absolute atomic E-state index is 14.5. The van der Waals surface area contributed by atoms with Crippen molar-refractivity contribution in [2.45, 2.75) is 45.7 Å². The van der Waals surface area contributed by atoms with Crippen LogP contribution in [0.4, 0.5) is 4.39 Å². The highest BCUT2D eigenvalue weighted by Gasteiger charge is 2.29. The van der Waals surface area contributed by atoms with Crippen molar-refractivity contribution in [3.8, 4) is 5.75 Å². The summed E-state index contributed by atoms with van der Waals surface area (Å²) in [5, 5.41) is 9.68. The van der Waals surface area contributed by atoms with Crippen molar-refractivity contribution in [2.24, 2.45) is 0 Å². The molecule has 0 saturated heterocycles. The maximum Gasteiger partial charge on any atom is 0.270 e. The monoisotopic (exact) mass is 555 g/mol. The van der Waals surface area contributed by atoms with E-state index in [1.54, 1.807) is 24.3 Å². The fourth-order valence-corrected chi connectivity index (χ4v) is 5.57. The van der Waals surface area contributed by atoms with Crippen LogP contribution in [-0.4, -0.2) is 44.6 Å². The third-order valence-electron chi connectivity index (χ3n) is 7.63. The van der Waals surface area contributed by atoms with Crippen LogP contribution in [0.25, 0.3) is 5.65 Å². The summed E-state index contributed by atoms with van der Waals surface area (Å²) in [4.78, 5) is 54.3. The van der Waals surface area contributed by atoms with Gasteiger partial charge < -0.3 is 15.4 Å². The zero-order valence-corrected chi connectivity index (χ0v) is 22.4. The van der Waals surface area contributed by atoms with E-state index in [1.165, 1.54) is 13.0 Å². The molecule has 2 aromatic carbocycles. The van der Waals surface area contributed by atoms with Crippen LogP contribution in [0.5, 0.6) is 5.75 Å². The molecule has 11 heteroatoms. The first kappa shape index (κ1) is 26.3. The summed E-state index contributed by atoms with van der Waals surface area (Å²) in [7, 11) is 0. The lowest BCUT2D eigenvalue weighted by molar-refractivity contribution is -0.121. The number of nitrogens with zero attached hydrogens (tertiary/aromatic N) is 3. The number of hydrogen-bond donors (Lipinski definition) is 2. The lowest BCUT2D eigenvalue weighted by Crippen LogP contribution is -2.31. The number of Topliss-reactive ketones (excluding diaryl/α,β-unsaturated/α-hetero) is 2. The maximum atomic E-state index is 14.5. The highest BCUT2D eigenvalue weighted by atomic mass is 19.1. The number of benzene rings is 2. The third-order valence-corrected chi connectivity index (χ3v) is 7.63. The Labute approximate surface area is 233 Å². The summed E-state index contributed by atoms with van der Waals surface area (Å²) in [6.45, 7) is 3.60. The van der Waals surface area contributed by atoms with Crippen molar-refractivity contribution in [1.29, 1.82) is 0 Å². The van der Waals surface area contributed by atoms with Gasteiger partial charge in [-0.05, 0) is 61.1 Å². The summed E-state index contributed by atoms with van der Waals surface area (Å²) >= 11 is 0. The first-order valence-electron chi connectivity index (χ1n) is 13.2. The second kappa shape index (κ2) is 10.2. The highest BCUT2D eigenvalue weighted by Crippen LogP contribution is 2.35. The molecule has 0 radical (unpaired) electrons. The Balaban J connectivity index is 1.23.